The van der Waals surface area contributed by atoms with Gasteiger partial charge < -0.3 is 14.6 Å². The van der Waals surface area contributed by atoms with Gasteiger partial charge in [-0.05, 0) is 42.7 Å². The summed E-state index contributed by atoms with van der Waals surface area (Å²) in [5.74, 6) is 1.43. The monoisotopic (exact) mass is 430 g/mol. The number of amides is 1. The third-order valence-corrected chi connectivity index (χ3v) is 5.71. The Labute approximate surface area is 179 Å². The van der Waals surface area contributed by atoms with Crippen LogP contribution in [0.5, 0.6) is 5.75 Å². The van der Waals surface area contributed by atoms with E-state index in [1.807, 2.05) is 54.9 Å². The SMILES string of the molecule is CCc1ccccc1NC(=O)CSc1nnc(COc2cc(C)ccc2Cl)n1C. The number of carbonyl (C=O) groups excluding carboxylic acids is 1. The van der Waals surface area contributed by atoms with Crippen molar-refractivity contribution in [2.24, 2.45) is 7.05 Å². The molecule has 1 heterocycles. The lowest BCUT2D eigenvalue weighted by molar-refractivity contribution is -0.113. The first-order valence-electron chi connectivity index (χ1n) is 9.25. The van der Waals surface area contributed by atoms with E-state index in [1.54, 1.807) is 6.07 Å². The molecule has 2 aromatic carbocycles. The quantitative estimate of drug-likeness (QED) is 0.527. The lowest BCUT2D eigenvalue weighted by Crippen LogP contribution is -2.15. The number of hydrogen-bond donors (Lipinski definition) is 1. The molecular weight excluding hydrogens is 408 g/mol. The zero-order valence-electron chi connectivity index (χ0n) is 16.6. The van der Waals surface area contributed by atoms with Crippen molar-refractivity contribution < 1.29 is 9.53 Å². The van der Waals surface area contributed by atoms with Gasteiger partial charge >= 0.3 is 0 Å². The molecule has 0 radical (unpaired) electrons. The number of thioether (sulfide) groups is 1. The third kappa shape index (κ3) is 5.52. The van der Waals surface area contributed by atoms with Crippen LogP contribution in [0.25, 0.3) is 0 Å². The van der Waals surface area contributed by atoms with Crippen LogP contribution in [0.1, 0.15) is 23.9 Å². The summed E-state index contributed by atoms with van der Waals surface area (Å²) in [6.45, 7) is 4.28. The zero-order chi connectivity index (χ0) is 20.8. The van der Waals surface area contributed by atoms with Gasteiger partial charge in [0.05, 0.1) is 10.8 Å². The lowest BCUT2D eigenvalue weighted by atomic mass is 10.1. The topological polar surface area (TPSA) is 69.0 Å². The molecule has 3 rings (SSSR count). The van der Waals surface area contributed by atoms with Gasteiger partial charge in [-0.25, -0.2) is 0 Å². The van der Waals surface area contributed by atoms with Crippen LogP contribution in [0.4, 0.5) is 5.69 Å². The zero-order valence-corrected chi connectivity index (χ0v) is 18.2. The van der Waals surface area contributed by atoms with Crippen LogP contribution in [0.3, 0.4) is 0 Å². The number of benzene rings is 2. The molecule has 8 heteroatoms. The summed E-state index contributed by atoms with van der Waals surface area (Å²) in [6.07, 6.45) is 0.862. The van der Waals surface area contributed by atoms with Crippen LogP contribution >= 0.6 is 23.4 Å². The van der Waals surface area contributed by atoms with Crippen LogP contribution in [0, 0.1) is 6.92 Å². The number of para-hydroxylation sites is 1. The predicted molar refractivity (Wildman–Crippen MR) is 117 cm³/mol. The first-order valence-corrected chi connectivity index (χ1v) is 10.6. The Bertz CT molecular complexity index is 1010. The van der Waals surface area contributed by atoms with Gasteiger partial charge in [0.1, 0.15) is 12.4 Å². The number of anilines is 1. The van der Waals surface area contributed by atoms with Crippen LogP contribution < -0.4 is 10.1 Å². The minimum atomic E-state index is -0.0803. The smallest absolute Gasteiger partial charge is 0.234 e. The lowest BCUT2D eigenvalue weighted by Gasteiger charge is -2.10. The standard InChI is InChI=1S/C21H23ClN4O2S/c1-4-15-7-5-6-8-17(15)23-20(27)13-29-21-25-24-19(26(21)3)12-28-18-11-14(2)9-10-16(18)22/h5-11H,4,12-13H2,1-3H3,(H,23,27). The van der Waals surface area contributed by atoms with Crippen molar-refractivity contribution in [3.63, 3.8) is 0 Å². The molecule has 3 aromatic rings. The maximum atomic E-state index is 12.3. The van der Waals surface area contributed by atoms with Gasteiger partial charge in [0.25, 0.3) is 0 Å². The molecule has 0 aliphatic carbocycles. The first kappa shape index (κ1) is 21.2. The van der Waals surface area contributed by atoms with Crippen molar-refractivity contribution in [2.45, 2.75) is 32.0 Å². The fourth-order valence-corrected chi connectivity index (χ4v) is 3.63. The first-order chi connectivity index (χ1) is 14.0. The second-order valence-corrected chi connectivity index (χ2v) is 7.88. The summed E-state index contributed by atoms with van der Waals surface area (Å²) in [4.78, 5) is 12.3. The molecule has 0 atom stereocenters. The average Bonchev–Trinajstić information content (AvgIpc) is 3.07. The molecule has 0 unspecified atom stereocenters. The Morgan fingerprint density at radius 3 is 2.83 bits per heavy atom. The van der Waals surface area contributed by atoms with E-state index < -0.39 is 0 Å². The van der Waals surface area contributed by atoms with Crippen molar-refractivity contribution >= 4 is 35.0 Å². The maximum Gasteiger partial charge on any atom is 0.234 e. The number of ether oxygens (including phenoxy) is 1. The number of aryl methyl sites for hydroxylation is 2. The van der Waals surface area contributed by atoms with Gasteiger partial charge in [0.15, 0.2) is 11.0 Å². The van der Waals surface area contributed by atoms with E-state index >= 15 is 0 Å². The molecule has 1 aromatic heterocycles. The molecule has 1 amide bonds. The highest BCUT2D eigenvalue weighted by Gasteiger charge is 2.13. The van der Waals surface area contributed by atoms with Crippen molar-refractivity contribution in [3.8, 4) is 5.75 Å². The minimum absolute atomic E-state index is 0.0803. The second-order valence-electron chi connectivity index (χ2n) is 6.53. The summed E-state index contributed by atoms with van der Waals surface area (Å²) in [6, 6.07) is 13.4. The number of rotatable bonds is 8. The van der Waals surface area contributed by atoms with E-state index in [-0.39, 0.29) is 18.3 Å². The van der Waals surface area contributed by atoms with Crippen LogP contribution in [0.2, 0.25) is 5.02 Å². The number of nitrogens with one attached hydrogen (secondary N) is 1. The number of aromatic nitrogens is 3. The molecule has 0 bridgehead atoms. The van der Waals surface area contributed by atoms with E-state index in [2.05, 4.69) is 22.4 Å². The van der Waals surface area contributed by atoms with Crippen LogP contribution in [0.15, 0.2) is 47.6 Å². The summed E-state index contributed by atoms with van der Waals surface area (Å²) in [5.41, 5.74) is 3.02. The normalized spacial score (nSPS) is 10.8. The Balaban J connectivity index is 1.56. The Kier molecular flexibility index (Phi) is 7.17. The van der Waals surface area contributed by atoms with Gasteiger partial charge in [-0.3, -0.25) is 4.79 Å². The molecule has 1 N–H and O–H groups in total. The molecule has 6 nitrogen and oxygen atoms in total. The second kappa shape index (κ2) is 9.80. The number of nitrogens with zero attached hydrogens (tertiary/aromatic N) is 3. The van der Waals surface area contributed by atoms with Crippen molar-refractivity contribution in [1.82, 2.24) is 14.8 Å². The molecule has 0 fully saturated rings. The van der Waals surface area contributed by atoms with Gasteiger partial charge in [-0.15, -0.1) is 10.2 Å². The summed E-state index contributed by atoms with van der Waals surface area (Å²) < 4.78 is 7.61. The van der Waals surface area contributed by atoms with Crippen molar-refractivity contribution in [1.29, 1.82) is 0 Å². The fourth-order valence-electron chi connectivity index (χ4n) is 2.73. The van der Waals surface area contributed by atoms with Crippen molar-refractivity contribution in [2.75, 3.05) is 11.1 Å². The predicted octanol–water partition coefficient (Wildman–Crippen LogP) is 4.65. The highest BCUT2D eigenvalue weighted by Crippen LogP contribution is 2.26. The number of halogens is 1. The molecule has 29 heavy (non-hydrogen) atoms. The van der Waals surface area contributed by atoms with Gasteiger partial charge in [-0.1, -0.05) is 54.6 Å². The van der Waals surface area contributed by atoms with Crippen LogP contribution in [-0.2, 0) is 24.9 Å². The number of hydrogen-bond acceptors (Lipinski definition) is 5. The van der Waals surface area contributed by atoms with E-state index in [4.69, 9.17) is 16.3 Å². The van der Waals surface area contributed by atoms with Gasteiger partial charge in [0, 0.05) is 12.7 Å². The van der Waals surface area contributed by atoms with E-state index in [9.17, 15) is 4.79 Å². The highest BCUT2D eigenvalue weighted by molar-refractivity contribution is 7.99. The molecule has 0 spiro atoms. The van der Waals surface area contributed by atoms with Crippen molar-refractivity contribution in [3.05, 3.63) is 64.4 Å². The molecule has 0 aliphatic heterocycles. The molecule has 0 saturated carbocycles. The molecule has 0 saturated heterocycles. The Morgan fingerprint density at radius 1 is 1.24 bits per heavy atom. The average molecular weight is 431 g/mol. The largest absolute Gasteiger partial charge is 0.484 e. The molecule has 0 aliphatic rings. The Morgan fingerprint density at radius 2 is 2.03 bits per heavy atom. The summed E-state index contributed by atoms with van der Waals surface area (Å²) in [7, 11) is 1.85. The summed E-state index contributed by atoms with van der Waals surface area (Å²) >= 11 is 7.50. The summed E-state index contributed by atoms with van der Waals surface area (Å²) in [5, 5.41) is 12.5. The highest BCUT2D eigenvalue weighted by atomic mass is 35.5. The van der Waals surface area contributed by atoms with E-state index in [0.29, 0.717) is 21.8 Å². The third-order valence-electron chi connectivity index (χ3n) is 4.37. The number of carbonyl (C=O) groups is 1. The van der Waals surface area contributed by atoms with Gasteiger partial charge in [-0.2, -0.15) is 0 Å². The fraction of sp³-hybridized carbons (Fsp3) is 0.286. The van der Waals surface area contributed by atoms with Gasteiger partial charge in [0.2, 0.25) is 5.91 Å². The Hall–Kier alpha value is -2.51. The molecule has 152 valence electrons. The maximum absolute atomic E-state index is 12.3. The van der Waals surface area contributed by atoms with Crippen LogP contribution in [-0.4, -0.2) is 26.4 Å². The minimum Gasteiger partial charge on any atom is -0.484 e. The molecular formula is C21H23ClN4O2S. The van der Waals surface area contributed by atoms with E-state index in [0.717, 1.165) is 23.2 Å². The van der Waals surface area contributed by atoms with E-state index in [1.165, 1.54) is 11.8 Å².